The van der Waals surface area contributed by atoms with Crippen molar-refractivity contribution < 1.29 is 8.42 Å². The molecule has 2 aromatic rings. The van der Waals surface area contributed by atoms with Crippen molar-refractivity contribution in [2.75, 3.05) is 13.1 Å². The number of hydrogen-bond donors (Lipinski definition) is 1. The molecule has 0 saturated carbocycles. The molecule has 3 rings (SSSR count). The summed E-state index contributed by atoms with van der Waals surface area (Å²) in [5, 5.41) is 7.23. The zero-order valence-electron chi connectivity index (χ0n) is 12.2. The minimum absolute atomic E-state index is 0.212. The zero-order valence-corrected chi connectivity index (χ0v) is 13.7. The van der Waals surface area contributed by atoms with E-state index in [0.717, 1.165) is 0 Å². The van der Waals surface area contributed by atoms with Crippen molar-refractivity contribution in [3.8, 4) is 0 Å². The molecule has 1 aliphatic heterocycles. The van der Waals surface area contributed by atoms with Gasteiger partial charge in [-0.2, -0.15) is 5.10 Å². The van der Waals surface area contributed by atoms with Gasteiger partial charge < -0.3 is 0 Å². The van der Waals surface area contributed by atoms with Gasteiger partial charge >= 0.3 is 0 Å². The van der Waals surface area contributed by atoms with Crippen molar-refractivity contribution in [1.82, 2.24) is 14.5 Å². The van der Waals surface area contributed by atoms with Gasteiger partial charge in [-0.3, -0.25) is 10.1 Å². The van der Waals surface area contributed by atoms with Crippen molar-refractivity contribution in [3.63, 3.8) is 0 Å². The molecule has 0 spiro atoms. The van der Waals surface area contributed by atoms with Crippen LogP contribution in [0.5, 0.6) is 0 Å². The number of hydrogen-bond acceptors (Lipinski definition) is 4. The molecule has 0 unspecified atom stereocenters. The molecule has 0 bridgehead atoms. The van der Waals surface area contributed by atoms with E-state index in [1.807, 2.05) is 0 Å². The van der Waals surface area contributed by atoms with Gasteiger partial charge in [0.15, 0.2) is 0 Å². The smallest absolute Gasteiger partial charge is 0.269 e. The fourth-order valence-corrected chi connectivity index (χ4v) is 4.53. The van der Waals surface area contributed by atoms with Gasteiger partial charge in [0.2, 0.25) is 0 Å². The van der Waals surface area contributed by atoms with Crippen LogP contribution >= 0.6 is 11.6 Å². The van der Waals surface area contributed by atoms with Crippen LogP contribution < -0.4 is 0 Å². The lowest BCUT2D eigenvalue weighted by Crippen LogP contribution is -2.35. The Kier molecular flexibility index (Phi) is 3.70. The largest absolute Gasteiger partial charge is 0.281 e. The second-order valence-electron chi connectivity index (χ2n) is 5.06. The molecule has 22 heavy (non-hydrogen) atoms. The van der Waals surface area contributed by atoms with Crippen molar-refractivity contribution in [2.45, 2.75) is 18.7 Å². The van der Waals surface area contributed by atoms with Gasteiger partial charge in [-0.05, 0) is 26.0 Å². The Morgan fingerprint density at radius 3 is 2.73 bits per heavy atom. The van der Waals surface area contributed by atoms with E-state index in [4.69, 9.17) is 11.6 Å². The summed E-state index contributed by atoms with van der Waals surface area (Å²) in [6.07, 6.45) is 0. The number of benzene rings is 1. The lowest BCUT2D eigenvalue weighted by molar-refractivity contribution is 0.536. The van der Waals surface area contributed by atoms with Crippen LogP contribution in [-0.2, 0) is 10.0 Å². The Balaban J connectivity index is 2.07. The molecule has 0 saturated heterocycles. The fourth-order valence-electron chi connectivity index (χ4n) is 2.56. The van der Waals surface area contributed by atoms with Crippen LogP contribution in [0.15, 0.2) is 34.2 Å². The molecule has 1 N–H and O–H groups in total. The highest BCUT2D eigenvalue weighted by Crippen LogP contribution is 2.26. The molecule has 1 aromatic heterocycles. The van der Waals surface area contributed by atoms with Crippen LogP contribution in [0.3, 0.4) is 0 Å². The highest BCUT2D eigenvalue weighted by Gasteiger charge is 2.34. The number of H-pyrrole nitrogens is 1. The first-order valence-corrected chi connectivity index (χ1v) is 8.58. The van der Waals surface area contributed by atoms with Gasteiger partial charge in [0.1, 0.15) is 10.7 Å². The molecular weight excluding hydrogens is 324 g/mol. The van der Waals surface area contributed by atoms with Crippen LogP contribution in [0.1, 0.15) is 17.0 Å². The van der Waals surface area contributed by atoms with E-state index in [0.29, 0.717) is 40.9 Å². The molecule has 2 heterocycles. The molecule has 0 fully saturated rings. The number of aliphatic imine (C=N–C) groups is 1. The van der Waals surface area contributed by atoms with Gasteiger partial charge in [0.05, 0.1) is 24.5 Å². The molecule has 1 aromatic carbocycles. The summed E-state index contributed by atoms with van der Waals surface area (Å²) in [7, 11) is -3.70. The number of aromatic nitrogens is 2. The van der Waals surface area contributed by atoms with E-state index in [2.05, 4.69) is 15.2 Å². The average molecular weight is 339 g/mol. The molecule has 8 heteroatoms. The third kappa shape index (κ3) is 2.40. The van der Waals surface area contributed by atoms with E-state index in [-0.39, 0.29) is 4.90 Å². The number of nitrogens with one attached hydrogen (secondary N) is 1. The van der Waals surface area contributed by atoms with Gasteiger partial charge in [-0.15, -0.1) is 0 Å². The number of aryl methyl sites for hydroxylation is 2. The maximum absolute atomic E-state index is 13.0. The van der Waals surface area contributed by atoms with Gasteiger partial charge in [0.25, 0.3) is 10.0 Å². The lowest BCUT2D eigenvalue weighted by atomic mass is 10.2. The first-order valence-electron chi connectivity index (χ1n) is 6.76. The Hall–Kier alpha value is -1.86. The first-order chi connectivity index (χ1) is 10.4. The number of nitrogens with zero attached hydrogens (tertiary/aromatic N) is 3. The molecule has 0 radical (unpaired) electrons. The van der Waals surface area contributed by atoms with E-state index < -0.39 is 10.0 Å². The highest BCUT2D eigenvalue weighted by atomic mass is 35.5. The number of aromatic amines is 1. The topological polar surface area (TPSA) is 78.4 Å². The van der Waals surface area contributed by atoms with E-state index >= 15 is 0 Å². The number of amidine groups is 1. The van der Waals surface area contributed by atoms with Crippen LogP contribution in [0, 0.1) is 13.8 Å². The third-order valence-corrected chi connectivity index (χ3v) is 5.78. The molecule has 6 nitrogen and oxygen atoms in total. The maximum Gasteiger partial charge on any atom is 0.269 e. The zero-order chi connectivity index (χ0) is 15.9. The highest BCUT2D eigenvalue weighted by molar-refractivity contribution is 7.89. The van der Waals surface area contributed by atoms with Gasteiger partial charge in [-0.1, -0.05) is 23.7 Å². The van der Waals surface area contributed by atoms with Gasteiger partial charge in [-0.25, -0.2) is 12.7 Å². The number of sulfonamides is 1. The minimum atomic E-state index is -3.70. The van der Waals surface area contributed by atoms with Gasteiger partial charge in [0, 0.05) is 10.6 Å². The molecular formula is C14H15ClN4O2S. The standard InChI is InChI=1S/C14H15ClN4O2S/c1-9-13(10(2)18-17-9)22(20,21)19-7-6-16-14(19)11-4-3-5-12(15)8-11/h3-5,8H,6-7H2,1-2H3,(H,17,18). The van der Waals surface area contributed by atoms with Crippen molar-refractivity contribution in [2.24, 2.45) is 4.99 Å². The summed E-state index contributed by atoms with van der Waals surface area (Å²) in [5.74, 6) is 0.419. The SMILES string of the molecule is Cc1n[nH]c(C)c1S(=O)(=O)N1CCN=C1c1cccc(Cl)c1. The molecule has 1 aliphatic rings. The second kappa shape index (κ2) is 5.40. The van der Waals surface area contributed by atoms with Crippen LogP contribution in [0.4, 0.5) is 0 Å². The number of rotatable bonds is 3. The van der Waals surface area contributed by atoms with E-state index in [1.54, 1.807) is 38.1 Å². The summed E-state index contributed by atoms with van der Waals surface area (Å²) < 4.78 is 27.2. The Bertz CT molecular complexity index is 838. The summed E-state index contributed by atoms with van der Waals surface area (Å²) in [5.41, 5.74) is 1.66. The molecule has 0 atom stereocenters. The third-order valence-electron chi connectivity index (χ3n) is 3.49. The predicted octanol–water partition coefficient (Wildman–Crippen LogP) is 2.13. The Morgan fingerprint density at radius 1 is 1.32 bits per heavy atom. The predicted molar refractivity (Wildman–Crippen MR) is 84.8 cm³/mol. The Morgan fingerprint density at radius 2 is 2.09 bits per heavy atom. The maximum atomic E-state index is 13.0. The quantitative estimate of drug-likeness (QED) is 0.931. The minimum Gasteiger partial charge on any atom is -0.281 e. The summed E-state index contributed by atoms with van der Waals surface area (Å²) >= 11 is 6.00. The monoisotopic (exact) mass is 338 g/mol. The lowest BCUT2D eigenvalue weighted by Gasteiger charge is -2.20. The van der Waals surface area contributed by atoms with Crippen molar-refractivity contribution in [3.05, 3.63) is 46.2 Å². The summed E-state index contributed by atoms with van der Waals surface area (Å²) in [4.78, 5) is 4.55. The van der Waals surface area contributed by atoms with Crippen molar-refractivity contribution in [1.29, 1.82) is 0 Å². The summed E-state index contributed by atoms with van der Waals surface area (Å²) in [6, 6.07) is 7.03. The Labute approximate surface area is 133 Å². The first kappa shape index (κ1) is 15.1. The van der Waals surface area contributed by atoms with Crippen LogP contribution in [0.2, 0.25) is 5.02 Å². The molecule has 116 valence electrons. The van der Waals surface area contributed by atoms with Crippen LogP contribution in [0.25, 0.3) is 0 Å². The number of halogens is 1. The van der Waals surface area contributed by atoms with E-state index in [9.17, 15) is 8.42 Å². The molecule has 0 amide bonds. The average Bonchev–Trinajstić information content (AvgIpc) is 3.06. The summed E-state index contributed by atoms with van der Waals surface area (Å²) in [6.45, 7) is 4.10. The second-order valence-corrected chi connectivity index (χ2v) is 7.29. The fraction of sp³-hybridized carbons (Fsp3) is 0.286. The van der Waals surface area contributed by atoms with Crippen molar-refractivity contribution >= 4 is 27.5 Å². The normalized spacial score (nSPS) is 15.2. The van der Waals surface area contributed by atoms with E-state index in [1.165, 1.54) is 4.31 Å². The van der Waals surface area contributed by atoms with Crippen LogP contribution in [-0.4, -0.2) is 41.8 Å². The molecule has 0 aliphatic carbocycles.